The van der Waals surface area contributed by atoms with Crippen LogP contribution in [0.5, 0.6) is 0 Å². The minimum absolute atomic E-state index is 0.126. The molecule has 164 valence electrons. The number of fused-ring (bicyclic) bond motifs is 1. The number of aromatic nitrogens is 2. The Morgan fingerprint density at radius 3 is 2.47 bits per heavy atom. The first kappa shape index (κ1) is 22.7. The third kappa shape index (κ3) is 5.27. The van der Waals surface area contributed by atoms with Gasteiger partial charge in [0.15, 0.2) is 15.0 Å². The number of pyridine rings is 1. The molecule has 0 radical (unpaired) electrons. The predicted molar refractivity (Wildman–Crippen MR) is 128 cm³/mol. The van der Waals surface area contributed by atoms with Crippen molar-refractivity contribution < 1.29 is 13.2 Å². The normalized spacial score (nSPS) is 11.6. The van der Waals surface area contributed by atoms with Gasteiger partial charge in [-0.3, -0.25) is 14.7 Å². The lowest BCUT2D eigenvalue weighted by Gasteiger charge is -2.19. The fourth-order valence-electron chi connectivity index (χ4n) is 3.03. The zero-order valence-electron chi connectivity index (χ0n) is 16.6. The molecule has 0 fully saturated rings. The van der Waals surface area contributed by atoms with Gasteiger partial charge in [0.1, 0.15) is 0 Å². The molecule has 0 spiro atoms. The summed E-state index contributed by atoms with van der Waals surface area (Å²) in [5, 5.41) is 1.48. The standard InChI is InChI=1S/C22H17Cl2N3O3S2/c23-15-4-7-18(8-5-15)32(29,30)12-10-21(28)27(14-17-3-1-2-11-25-17)22-26-19-9-6-16(24)13-20(19)31-22/h1-9,11,13H,10,12,14H2. The summed E-state index contributed by atoms with van der Waals surface area (Å²) < 4.78 is 26.2. The molecule has 0 aliphatic carbocycles. The van der Waals surface area contributed by atoms with Gasteiger partial charge in [0.2, 0.25) is 5.91 Å². The van der Waals surface area contributed by atoms with Gasteiger partial charge < -0.3 is 0 Å². The van der Waals surface area contributed by atoms with Crippen LogP contribution in [0.25, 0.3) is 10.2 Å². The second-order valence-corrected chi connectivity index (χ2v) is 10.9. The topological polar surface area (TPSA) is 80.2 Å². The van der Waals surface area contributed by atoms with Crippen LogP contribution in [0.3, 0.4) is 0 Å². The highest BCUT2D eigenvalue weighted by atomic mass is 35.5. The third-order valence-electron chi connectivity index (χ3n) is 4.67. The summed E-state index contributed by atoms with van der Waals surface area (Å²) in [5.74, 6) is -0.693. The van der Waals surface area contributed by atoms with E-state index in [2.05, 4.69) is 9.97 Å². The average molecular weight is 506 g/mol. The van der Waals surface area contributed by atoms with Gasteiger partial charge in [0, 0.05) is 22.7 Å². The molecule has 0 bridgehead atoms. The minimum Gasteiger partial charge on any atom is -0.282 e. The highest BCUT2D eigenvalue weighted by Gasteiger charge is 2.24. The van der Waals surface area contributed by atoms with Gasteiger partial charge in [-0.05, 0) is 54.6 Å². The number of anilines is 1. The maximum Gasteiger partial charge on any atom is 0.230 e. The highest BCUT2D eigenvalue weighted by molar-refractivity contribution is 7.91. The van der Waals surface area contributed by atoms with Crippen molar-refractivity contribution in [2.75, 3.05) is 10.7 Å². The maximum atomic E-state index is 13.2. The van der Waals surface area contributed by atoms with Gasteiger partial charge in [0.05, 0.1) is 33.1 Å². The van der Waals surface area contributed by atoms with E-state index in [0.29, 0.717) is 26.4 Å². The van der Waals surface area contributed by atoms with Crippen molar-refractivity contribution in [2.24, 2.45) is 0 Å². The van der Waals surface area contributed by atoms with E-state index < -0.39 is 9.84 Å². The largest absolute Gasteiger partial charge is 0.282 e. The Kier molecular flexibility index (Phi) is 6.76. The van der Waals surface area contributed by atoms with Gasteiger partial charge >= 0.3 is 0 Å². The molecule has 4 aromatic rings. The minimum atomic E-state index is -3.65. The van der Waals surface area contributed by atoms with E-state index in [9.17, 15) is 13.2 Å². The summed E-state index contributed by atoms with van der Waals surface area (Å²) in [6.45, 7) is 0.175. The molecule has 0 unspecified atom stereocenters. The van der Waals surface area contributed by atoms with Crippen molar-refractivity contribution in [2.45, 2.75) is 17.9 Å². The Labute approximate surface area is 199 Å². The monoisotopic (exact) mass is 505 g/mol. The Bertz CT molecular complexity index is 1360. The van der Waals surface area contributed by atoms with Crippen LogP contribution in [0, 0.1) is 0 Å². The van der Waals surface area contributed by atoms with E-state index in [0.717, 1.165) is 4.70 Å². The van der Waals surface area contributed by atoms with Gasteiger partial charge in [0.25, 0.3) is 0 Å². The van der Waals surface area contributed by atoms with Crippen LogP contribution in [-0.2, 0) is 21.2 Å². The van der Waals surface area contributed by atoms with Crippen LogP contribution >= 0.6 is 34.5 Å². The molecule has 0 atom stereocenters. The van der Waals surface area contributed by atoms with Gasteiger partial charge in [-0.1, -0.05) is 40.6 Å². The lowest BCUT2D eigenvalue weighted by atomic mass is 10.3. The van der Waals surface area contributed by atoms with Crippen LogP contribution in [0.1, 0.15) is 12.1 Å². The van der Waals surface area contributed by atoms with Crippen molar-refractivity contribution in [3.05, 3.63) is 82.6 Å². The zero-order chi connectivity index (χ0) is 22.7. The summed E-state index contributed by atoms with van der Waals surface area (Å²) in [6, 6.07) is 16.6. The van der Waals surface area contributed by atoms with Crippen molar-refractivity contribution in [1.29, 1.82) is 0 Å². The van der Waals surface area contributed by atoms with Crippen molar-refractivity contribution in [3.8, 4) is 0 Å². The number of rotatable bonds is 7. The van der Waals surface area contributed by atoms with E-state index in [1.165, 1.54) is 40.5 Å². The van der Waals surface area contributed by atoms with Crippen LogP contribution in [0.15, 0.2) is 71.8 Å². The van der Waals surface area contributed by atoms with E-state index >= 15 is 0 Å². The summed E-state index contributed by atoms with van der Waals surface area (Å²) in [4.78, 5) is 23.6. The number of hydrogen-bond acceptors (Lipinski definition) is 6. The smallest absolute Gasteiger partial charge is 0.230 e. The molecule has 2 aromatic heterocycles. The molecule has 2 heterocycles. The van der Waals surface area contributed by atoms with Gasteiger partial charge in [-0.2, -0.15) is 0 Å². The molecule has 0 aliphatic heterocycles. The van der Waals surface area contributed by atoms with E-state index in [1.807, 2.05) is 6.07 Å². The van der Waals surface area contributed by atoms with Crippen molar-refractivity contribution >= 4 is 65.6 Å². The number of halogens is 2. The number of amides is 1. The van der Waals surface area contributed by atoms with Crippen LogP contribution in [0.4, 0.5) is 5.13 Å². The summed E-state index contributed by atoms with van der Waals surface area (Å²) in [7, 11) is -3.65. The SMILES string of the molecule is O=C(CCS(=O)(=O)c1ccc(Cl)cc1)N(Cc1ccccn1)c1nc2ccc(Cl)cc2s1. The Morgan fingerprint density at radius 1 is 1.00 bits per heavy atom. The number of benzene rings is 2. The van der Waals surface area contributed by atoms with Crippen LogP contribution in [0.2, 0.25) is 10.0 Å². The number of thiazole rings is 1. The van der Waals surface area contributed by atoms with Crippen molar-refractivity contribution in [3.63, 3.8) is 0 Å². The molecule has 4 rings (SSSR count). The molecular formula is C22H17Cl2N3O3S2. The van der Waals surface area contributed by atoms with E-state index in [1.54, 1.807) is 36.5 Å². The molecule has 10 heteroatoms. The Balaban J connectivity index is 1.60. The van der Waals surface area contributed by atoms with E-state index in [4.69, 9.17) is 23.2 Å². The highest BCUT2D eigenvalue weighted by Crippen LogP contribution is 2.32. The van der Waals surface area contributed by atoms with Crippen LogP contribution < -0.4 is 4.90 Å². The Hall–Kier alpha value is -2.52. The number of carbonyl (C=O) groups is 1. The van der Waals surface area contributed by atoms with Gasteiger partial charge in [-0.25, -0.2) is 13.4 Å². The van der Waals surface area contributed by atoms with Crippen LogP contribution in [-0.4, -0.2) is 30.0 Å². The average Bonchev–Trinajstić information content (AvgIpc) is 3.19. The predicted octanol–water partition coefficient (Wildman–Crippen LogP) is 5.40. The molecule has 0 saturated heterocycles. The summed E-state index contributed by atoms with van der Waals surface area (Å²) in [6.07, 6.45) is 1.44. The number of hydrogen-bond donors (Lipinski definition) is 0. The molecule has 6 nitrogen and oxygen atoms in total. The summed E-state index contributed by atoms with van der Waals surface area (Å²) in [5.41, 5.74) is 1.38. The second-order valence-electron chi connectivity index (χ2n) is 6.93. The first-order chi connectivity index (χ1) is 15.3. The number of sulfone groups is 1. The number of nitrogens with zero attached hydrogens (tertiary/aromatic N) is 3. The molecule has 1 amide bonds. The fraction of sp³-hybridized carbons (Fsp3) is 0.136. The Morgan fingerprint density at radius 2 is 1.75 bits per heavy atom. The molecule has 0 N–H and O–H groups in total. The first-order valence-electron chi connectivity index (χ1n) is 9.56. The number of carbonyl (C=O) groups excluding carboxylic acids is 1. The lowest BCUT2D eigenvalue weighted by Crippen LogP contribution is -2.32. The first-order valence-corrected chi connectivity index (χ1v) is 12.8. The fourth-order valence-corrected chi connectivity index (χ4v) is 5.65. The third-order valence-corrected chi connectivity index (χ3v) is 7.94. The maximum absolute atomic E-state index is 13.2. The van der Waals surface area contributed by atoms with Gasteiger partial charge in [-0.15, -0.1) is 0 Å². The second kappa shape index (κ2) is 9.54. The molecular weight excluding hydrogens is 489 g/mol. The molecule has 32 heavy (non-hydrogen) atoms. The molecule has 2 aromatic carbocycles. The quantitative estimate of drug-likeness (QED) is 0.336. The van der Waals surface area contributed by atoms with Crippen molar-refractivity contribution in [1.82, 2.24) is 9.97 Å². The zero-order valence-corrected chi connectivity index (χ0v) is 19.8. The lowest BCUT2D eigenvalue weighted by molar-refractivity contribution is -0.118. The molecule has 0 saturated carbocycles. The van der Waals surface area contributed by atoms with E-state index in [-0.39, 0.29) is 29.5 Å². The summed E-state index contributed by atoms with van der Waals surface area (Å²) >= 11 is 13.2. The molecule has 0 aliphatic rings.